The fourth-order valence-electron chi connectivity index (χ4n) is 2.48. The number of nitrogens with two attached hydrogens (primary N) is 1. The number of nitrogen functional groups attached to an aromatic ring is 1. The maximum absolute atomic E-state index is 10.2. The van der Waals surface area contributed by atoms with Gasteiger partial charge in [0.2, 0.25) is 0 Å². The standard InChI is InChI=1S/C16H25N3O/c1-10(2)6-7-15-18-13-8-11(16(3,4)20)12(17)9-14(13)19(15)5/h8-10,20H,6-7,17H2,1-5H3. The Bertz CT molecular complexity index is 621. The third-order valence-electron chi connectivity index (χ3n) is 3.75. The first kappa shape index (κ1) is 14.9. The number of anilines is 1. The zero-order chi connectivity index (χ0) is 15.1. The van der Waals surface area contributed by atoms with E-state index in [1.807, 2.05) is 19.2 Å². The van der Waals surface area contributed by atoms with Crippen LogP contribution < -0.4 is 5.73 Å². The Kier molecular flexibility index (Phi) is 3.78. The topological polar surface area (TPSA) is 64.1 Å². The van der Waals surface area contributed by atoms with Crippen LogP contribution in [0.5, 0.6) is 0 Å². The molecule has 2 rings (SSSR count). The van der Waals surface area contributed by atoms with E-state index in [1.54, 1.807) is 13.8 Å². The highest BCUT2D eigenvalue weighted by Crippen LogP contribution is 2.30. The van der Waals surface area contributed by atoms with Gasteiger partial charge in [-0.1, -0.05) is 13.8 Å². The highest BCUT2D eigenvalue weighted by molar-refractivity contribution is 5.82. The van der Waals surface area contributed by atoms with Gasteiger partial charge in [0.15, 0.2) is 0 Å². The normalized spacial score (nSPS) is 12.6. The molecule has 110 valence electrons. The first-order valence-corrected chi connectivity index (χ1v) is 7.18. The predicted octanol–water partition coefficient (Wildman–Crippen LogP) is 2.97. The lowest BCUT2D eigenvalue weighted by Crippen LogP contribution is -2.17. The molecular formula is C16H25N3O. The van der Waals surface area contributed by atoms with Gasteiger partial charge in [-0.2, -0.15) is 0 Å². The zero-order valence-corrected chi connectivity index (χ0v) is 13.1. The molecule has 0 fully saturated rings. The van der Waals surface area contributed by atoms with Crippen LogP contribution in [0.1, 0.15) is 45.5 Å². The first-order valence-electron chi connectivity index (χ1n) is 7.18. The molecule has 1 aromatic carbocycles. The molecule has 4 nitrogen and oxygen atoms in total. The van der Waals surface area contributed by atoms with Gasteiger partial charge in [-0.05, 0) is 38.3 Å². The third kappa shape index (κ3) is 2.80. The summed E-state index contributed by atoms with van der Waals surface area (Å²) in [4.78, 5) is 4.70. The Morgan fingerprint density at radius 3 is 2.55 bits per heavy atom. The monoisotopic (exact) mass is 275 g/mol. The summed E-state index contributed by atoms with van der Waals surface area (Å²) in [7, 11) is 2.02. The molecule has 4 heteroatoms. The minimum absolute atomic E-state index is 0.614. The number of fused-ring (bicyclic) bond motifs is 1. The lowest BCUT2D eigenvalue weighted by Gasteiger charge is -2.19. The fourth-order valence-corrected chi connectivity index (χ4v) is 2.48. The van der Waals surface area contributed by atoms with Crippen molar-refractivity contribution in [3.05, 3.63) is 23.5 Å². The number of aromatic nitrogens is 2. The van der Waals surface area contributed by atoms with Crippen LogP contribution in [0.3, 0.4) is 0 Å². The van der Waals surface area contributed by atoms with Gasteiger partial charge in [0.25, 0.3) is 0 Å². The predicted molar refractivity (Wildman–Crippen MR) is 83.5 cm³/mol. The van der Waals surface area contributed by atoms with Gasteiger partial charge >= 0.3 is 0 Å². The Morgan fingerprint density at radius 2 is 2.00 bits per heavy atom. The van der Waals surface area contributed by atoms with E-state index in [4.69, 9.17) is 10.7 Å². The maximum atomic E-state index is 10.2. The second-order valence-corrected chi connectivity index (χ2v) is 6.51. The first-order chi connectivity index (χ1) is 9.20. The largest absolute Gasteiger partial charge is 0.398 e. The average molecular weight is 275 g/mol. The van der Waals surface area contributed by atoms with Crippen molar-refractivity contribution in [2.45, 2.75) is 46.1 Å². The van der Waals surface area contributed by atoms with Gasteiger partial charge < -0.3 is 15.4 Å². The molecule has 3 N–H and O–H groups in total. The van der Waals surface area contributed by atoms with Crippen molar-refractivity contribution in [3.8, 4) is 0 Å². The Labute approximate surface area is 120 Å². The van der Waals surface area contributed by atoms with E-state index in [0.717, 1.165) is 35.3 Å². The quantitative estimate of drug-likeness (QED) is 0.843. The summed E-state index contributed by atoms with van der Waals surface area (Å²) in [5.41, 5.74) is 8.39. The molecule has 0 saturated carbocycles. The van der Waals surface area contributed by atoms with E-state index in [-0.39, 0.29) is 0 Å². The molecule has 0 unspecified atom stereocenters. The van der Waals surface area contributed by atoms with E-state index < -0.39 is 5.60 Å². The lowest BCUT2D eigenvalue weighted by atomic mass is 9.96. The minimum Gasteiger partial charge on any atom is -0.398 e. The molecule has 0 saturated heterocycles. The van der Waals surface area contributed by atoms with Crippen molar-refractivity contribution in [3.63, 3.8) is 0 Å². The van der Waals surface area contributed by atoms with Crippen LogP contribution in [-0.4, -0.2) is 14.7 Å². The summed E-state index contributed by atoms with van der Waals surface area (Å²) in [5, 5.41) is 10.2. The molecule has 0 bridgehead atoms. The van der Waals surface area contributed by atoms with Crippen LogP contribution >= 0.6 is 0 Å². The smallest absolute Gasteiger partial charge is 0.109 e. The van der Waals surface area contributed by atoms with Crippen molar-refractivity contribution < 1.29 is 5.11 Å². The highest BCUT2D eigenvalue weighted by Gasteiger charge is 2.21. The summed E-state index contributed by atoms with van der Waals surface area (Å²) in [6.45, 7) is 7.92. The Balaban J connectivity index is 2.49. The molecule has 0 amide bonds. The summed E-state index contributed by atoms with van der Waals surface area (Å²) < 4.78 is 2.10. The summed E-state index contributed by atoms with van der Waals surface area (Å²) in [6.07, 6.45) is 2.07. The molecule has 0 aliphatic carbocycles. The number of hydrogen-bond donors (Lipinski definition) is 2. The van der Waals surface area contributed by atoms with Gasteiger partial charge in [0, 0.05) is 24.7 Å². The summed E-state index contributed by atoms with van der Waals surface area (Å²) >= 11 is 0. The van der Waals surface area contributed by atoms with E-state index >= 15 is 0 Å². The van der Waals surface area contributed by atoms with Crippen molar-refractivity contribution >= 4 is 16.7 Å². The molecule has 0 spiro atoms. The SMILES string of the molecule is CC(C)CCc1nc2cc(C(C)(C)O)c(N)cc2n1C. The molecular weight excluding hydrogens is 250 g/mol. The number of rotatable bonds is 4. The maximum Gasteiger partial charge on any atom is 0.109 e. The average Bonchev–Trinajstić information content (AvgIpc) is 2.61. The van der Waals surface area contributed by atoms with E-state index in [9.17, 15) is 5.11 Å². The number of nitrogens with zero attached hydrogens (tertiary/aromatic N) is 2. The number of aryl methyl sites for hydroxylation is 2. The van der Waals surface area contributed by atoms with Crippen LogP contribution in [-0.2, 0) is 19.1 Å². The third-order valence-corrected chi connectivity index (χ3v) is 3.75. The molecule has 0 aliphatic rings. The molecule has 20 heavy (non-hydrogen) atoms. The van der Waals surface area contributed by atoms with Crippen molar-refractivity contribution in [1.29, 1.82) is 0 Å². The van der Waals surface area contributed by atoms with Crippen LogP contribution in [0, 0.1) is 5.92 Å². The molecule has 1 heterocycles. The molecule has 2 aromatic rings. The second kappa shape index (κ2) is 5.09. The summed E-state index contributed by atoms with van der Waals surface area (Å²) in [6, 6.07) is 3.82. The molecule has 0 radical (unpaired) electrons. The number of imidazole rings is 1. The van der Waals surface area contributed by atoms with Crippen LogP contribution in [0.2, 0.25) is 0 Å². The summed E-state index contributed by atoms with van der Waals surface area (Å²) in [5.74, 6) is 1.73. The van der Waals surface area contributed by atoms with Gasteiger partial charge in [-0.25, -0.2) is 4.98 Å². The van der Waals surface area contributed by atoms with Crippen LogP contribution in [0.4, 0.5) is 5.69 Å². The van der Waals surface area contributed by atoms with Gasteiger partial charge in [-0.3, -0.25) is 0 Å². The number of benzene rings is 1. The Morgan fingerprint density at radius 1 is 1.35 bits per heavy atom. The molecule has 1 aromatic heterocycles. The highest BCUT2D eigenvalue weighted by atomic mass is 16.3. The van der Waals surface area contributed by atoms with E-state index in [1.165, 1.54) is 0 Å². The van der Waals surface area contributed by atoms with Gasteiger partial charge in [-0.15, -0.1) is 0 Å². The van der Waals surface area contributed by atoms with E-state index in [2.05, 4.69) is 18.4 Å². The molecule has 0 aliphatic heterocycles. The lowest BCUT2D eigenvalue weighted by molar-refractivity contribution is 0.0795. The minimum atomic E-state index is -0.951. The molecule has 0 atom stereocenters. The number of aliphatic hydroxyl groups is 1. The second-order valence-electron chi connectivity index (χ2n) is 6.51. The van der Waals surface area contributed by atoms with Crippen LogP contribution in [0.15, 0.2) is 12.1 Å². The van der Waals surface area contributed by atoms with Crippen LogP contribution in [0.25, 0.3) is 11.0 Å². The van der Waals surface area contributed by atoms with Gasteiger partial charge in [0.05, 0.1) is 16.6 Å². The number of hydrogen-bond acceptors (Lipinski definition) is 3. The van der Waals surface area contributed by atoms with Gasteiger partial charge in [0.1, 0.15) is 5.82 Å². The zero-order valence-electron chi connectivity index (χ0n) is 13.1. The van der Waals surface area contributed by atoms with Crippen molar-refractivity contribution in [1.82, 2.24) is 9.55 Å². The van der Waals surface area contributed by atoms with Crippen molar-refractivity contribution in [2.24, 2.45) is 13.0 Å². The van der Waals surface area contributed by atoms with E-state index in [0.29, 0.717) is 11.6 Å². The fraction of sp³-hybridized carbons (Fsp3) is 0.562. The Hall–Kier alpha value is -1.55. The van der Waals surface area contributed by atoms with Crippen molar-refractivity contribution in [2.75, 3.05) is 5.73 Å².